The van der Waals surface area contributed by atoms with Crippen LogP contribution < -0.4 is 10.6 Å². The Morgan fingerprint density at radius 2 is 1.72 bits per heavy atom. The van der Waals surface area contributed by atoms with Crippen molar-refractivity contribution in [1.29, 1.82) is 0 Å². The van der Waals surface area contributed by atoms with Gasteiger partial charge in [0.15, 0.2) is 0 Å². The van der Waals surface area contributed by atoms with Crippen LogP contribution in [0.15, 0.2) is 61.2 Å². The van der Waals surface area contributed by atoms with Crippen LogP contribution in [0.25, 0.3) is 0 Å². The first-order valence-electron chi connectivity index (χ1n) is 13.2. The number of nitrogens with zero attached hydrogens (tertiary/aromatic N) is 1. The lowest BCUT2D eigenvalue weighted by Gasteiger charge is -2.34. The largest absolute Gasteiger partial charge is 0.508 e. The van der Waals surface area contributed by atoms with E-state index < -0.39 is 35.6 Å². The van der Waals surface area contributed by atoms with Gasteiger partial charge in [0.05, 0.1) is 0 Å². The molecule has 0 fully saturated rings. The van der Waals surface area contributed by atoms with Crippen molar-refractivity contribution in [3.8, 4) is 11.5 Å². The Morgan fingerprint density at radius 3 is 2.31 bits per heavy atom. The number of phenols is 2. The molecule has 2 rings (SSSR count). The fourth-order valence-electron chi connectivity index (χ4n) is 4.03. The summed E-state index contributed by atoms with van der Waals surface area (Å²) in [5, 5.41) is 25.9. The minimum Gasteiger partial charge on any atom is -0.508 e. The van der Waals surface area contributed by atoms with Gasteiger partial charge < -0.3 is 30.5 Å². The molecule has 2 atom stereocenters. The van der Waals surface area contributed by atoms with Gasteiger partial charge in [0.2, 0.25) is 11.8 Å². The Hall–Kier alpha value is -4.01. The zero-order chi connectivity index (χ0) is 29.0. The van der Waals surface area contributed by atoms with Crippen molar-refractivity contribution in [3.63, 3.8) is 0 Å². The van der Waals surface area contributed by atoms with Crippen LogP contribution in [0, 0.1) is 0 Å². The molecule has 0 aliphatic rings. The Labute approximate surface area is 230 Å². The van der Waals surface area contributed by atoms with Gasteiger partial charge in [-0.15, -0.1) is 6.58 Å². The van der Waals surface area contributed by atoms with Crippen molar-refractivity contribution < 1.29 is 29.3 Å². The number of nitrogens with one attached hydrogen (secondary N) is 2. The number of ether oxygens (including phenoxy) is 1. The summed E-state index contributed by atoms with van der Waals surface area (Å²) in [6.45, 7) is 11.3. The minimum absolute atomic E-state index is 0.0255. The van der Waals surface area contributed by atoms with Crippen LogP contribution in [0.1, 0.15) is 64.1 Å². The average Bonchev–Trinajstić information content (AvgIpc) is 2.86. The molecule has 2 aromatic rings. The summed E-state index contributed by atoms with van der Waals surface area (Å²) in [7, 11) is 0. The van der Waals surface area contributed by atoms with Crippen molar-refractivity contribution in [2.75, 3.05) is 13.1 Å². The maximum atomic E-state index is 14.1. The number of unbranched alkanes of at least 4 members (excludes halogenated alkanes) is 2. The molecule has 39 heavy (non-hydrogen) atoms. The highest BCUT2D eigenvalue weighted by Gasteiger charge is 2.37. The number of phenolic OH excluding ortho intramolecular Hbond substituents is 2. The van der Waals surface area contributed by atoms with Crippen LogP contribution in [0.4, 0.5) is 4.79 Å². The quantitative estimate of drug-likeness (QED) is 0.218. The molecule has 4 N–H and O–H groups in total. The number of hydrogen-bond acceptors (Lipinski definition) is 6. The fraction of sp³-hybridized carbons (Fsp3) is 0.433. The van der Waals surface area contributed by atoms with Crippen molar-refractivity contribution in [2.24, 2.45) is 0 Å². The molecule has 0 heterocycles. The number of rotatable bonds is 13. The summed E-state index contributed by atoms with van der Waals surface area (Å²) in [5.74, 6) is -1.09. The molecule has 2 unspecified atom stereocenters. The molecule has 0 bridgehead atoms. The van der Waals surface area contributed by atoms with E-state index in [9.17, 15) is 24.6 Å². The van der Waals surface area contributed by atoms with Crippen LogP contribution in [-0.2, 0) is 20.7 Å². The Kier molecular flexibility index (Phi) is 11.8. The molecule has 2 aromatic carbocycles. The first kappa shape index (κ1) is 31.2. The molecule has 212 valence electrons. The molecular weight excluding hydrogens is 498 g/mol. The molecule has 0 aliphatic heterocycles. The lowest BCUT2D eigenvalue weighted by atomic mass is 9.99. The summed E-state index contributed by atoms with van der Waals surface area (Å²) in [5.41, 5.74) is 0.124. The number of hydrogen-bond donors (Lipinski definition) is 4. The van der Waals surface area contributed by atoms with E-state index in [1.165, 1.54) is 29.2 Å². The number of carbonyl (C=O) groups is 3. The van der Waals surface area contributed by atoms with E-state index in [1.807, 2.05) is 0 Å². The SMILES string of the molecule is C=CCN(C(=O)C(Cc1ccc(O)cc1)NC(=O)OC(C)(C)C)C(C(=O)NCCCCC)c1ccccc1O. The van der Waals surface area contributed by atoms with Crippen molar-refractivity contribution in [3.05, 3.63) is 72.3 Å². The van der Waals surface area contributed by atoms with E-state index in [0.29, 0.717) is 12.1 Å². The zero-order valence-electron chi connectivity index (χ0n) is 23.3. The van der Waals surface area contributed by atoms with Gasteiger partial charge in [0.25, 0.3) is 0 Å². The molecule has 9 heteroatoms. The van der Waals surface area contributed by atoms with Gasteiger partial charge in [-0.3, -0.25) is 9.59 Å². The molecule has 9 nitrogen and oxygen atoms in total. The maximum Gasteiger partial charge on any atom is 0.408 e. The summed E-state index contributed by atoms with van der Waals surface area (Å²) in [6, 6.07) is 10.3. The van der Waals surface area contributed by atoms with E-state index >= 15 is 0 Å². The predicted octanol–water partition coefficient (Wildman–Crippen LogP) is 4.60. The van der Waals surface area contributed by atoms with E-state index in [2.05, 4.69) is 24.1 Å². The first-order valence-corrected chi connectivity index (χ1v) is 13.2. The molecule has 3 amide bonds. The number of amides is 3. The van der Waals surface area contributed by atoms with Crippen molar-refractivity contribution >= 4 is 17.9 Å². The van der Waals surface area contributed by atoms with Crippen molar-refractivity contribution in [1.82, 2.24) is 15.5 Å². The minimum atomic E-state index is -1.18. The number of alkyl carbamates (subject to hydrolysis) is 1. The van der Waals surface area contributed by atoms with Crippen LogP contribution in [0.3, 0.4) is 0 Å². The van der Waals surface area contributed by atoms with Crippen LogP contribution in [-0.4, -0.2) is 57.8 Å². The molecule has 0 aromatic heterocycles. The van der Waals surface area contributed by atoms with E-state index in [4.69, 9.17) is 4.74 Å². The van der Waals surface area contributed by atoms with E-state index in [1.54, 1.807) is 51.1 Å². The van der Waals surface area contributed by atoms with Gasteiger partial charge in [0.1, 0.15) is 29.2 Å². The Balaban J connectivity index is 2.49. The van der Waals surface area contributed by atoms with Gasteiger partial charge >= 0.3 is 6.09 Å². The summed E-state index contributed by atoms with van der Waals surface area (Å²) in [6.07, 6.45) is 3.45. The Morgan fingerprint density at radius 1 is 1.05 bits per heavy atom. The topological polar surface area (TPSA) is 128 Å². The van der Waals surface area contributed by atoms with Gasteiger partial charge in [-0.1, -0.05) is 56.2 Å². The fourth-order valence-corrected chi connectivity index (χ4v) is 4.03. The highest BCUT2D eigenvalue weighted by molar-refractivity contribution is 5.92. The second kappa shape index (κ2) is 14.8. The van der Waals surface area contributed by atoms with Crippen LogP contribution >= 0.6 is 0 Å². The Bertz CT molecular complexity index is 1110. The number of carbonyl (C=O) groups excluding carboxylic acids is 3. The smallest absolute Gasteiger partial charge is 0.408 e. The average molecular weight is 540 g/mol. The number of para-hydroxylation sites is 1. The second-order valence-corrected chi connectivity index (χ2v) is 10.3. The van der Waals surface area contributed by atoms with E-state index in [-0.39, 0.29) is 30.0 Å². The second-order valence-electron chi connectivity index (χ2n) is 10.3. The molecule has 0 aliphatic carbocycles. The van der Waals surface area contributed by atoms with Gasteiger partial charge in [-0.2, -0.15) is 0 Å². The highest BCUT2D eigenvalue weighted by atomic mass is 16.6. The van der Waals surface area contributed by atoms with Crippen LogP contribution in [0.5, 0.6) is 11.5 Å². The third-order valence-electron chi connectivity index (χ3n) is 5.85. The lowest BCUT2D eigenvalue weighted by molar-refractivity contribution is -0.141. The molecular formula is C30H41N3O6. The third-order valence-corrected chi connectivity index (χ3v) is 5.85. The molecule has 0 spiro atoms. The van der Waals surface area contributed by atoms with E-state index in [0.717, 1.165) is 19.3 Å². The van der Waals surface area contributed by atoms with Crippen molar-refractivity contribution in [2.45, 2.75) is 71.1 Å². The number of aromatic hydroxyl groups is 2. The van der Waals surface area contributed by atoms with Gasteiger partial charge in [-0.25, -0.2) is 4.79 Å². The standard InChI is InChI=1S/C30H41N3O6/c1-6-8-11-18-31-27(36)26(23-12-9-10-13-25(23)35)33(19-7-2)28(37)24(32-29(38)39-30(3,4)5)20-21-14-16-22(34)17-15-21/h7,9-10,12-17,24,26,34-35H,2,6,8,11,18-20H2,1,3-5H3,(H,31,36)(H,32,38). The summed E-state index contributed by atoms with van der Waals surface area (Å²) in [4.78, 5) is 41.7. The molecule has 0 radical (unpaired) electrons. The highest BCUT2D eigenvalue weighted by Crippen LogP contribution is 2.30. The summed E-state index contributed by atoms with van der Waals surface area (Å²) >= 11 is 0. The monoisotopic (exact) mass is 539 g/mol. The molecule has 0 saturated heterocycles. The van der Waals surface area contributed by atoms with Gasteiger partial charge in [0, 0.05) is 25.1 Å². The molecule has 0 saturated carbocycles. The normalized spacial score (nSPS) is 12.6. The van der Waals surface area contributed by atoms with Gasteiger partial charge in [-0.05, 0) is 51.0 Å². The zero-order valence-corrected chi connectivity index (χ0v) is 23.3. The maximum absolute atomic E-state index is 14.1. The lowest BCUT2D eigenvalue weighted by Crippen LogP contribution is -2.54. The summed E-state index contributed by atoms with van der Waals surface area (Å²) < 4.78 is 5.40. The first-order chi connectivity index (χ1) is 18.5. The predicted molar refractivity (Wildman–Crippen MR) is 150 cm³/mol. The number of benzene rings is 2. The van der Waals surface area contributed by atoms with Crippen LogP contribution in [0.2, 0.25) is 0 Å². The third kappa shape index (κ3) is 10.00.